The van der Waals surface area contributed by atoms with Gasteiger partial charge in [0.15, 0.2) is 17.1 Å². The molecule has 0 saturated heterocycles. The summed E-state index contributed by atoms with van der Waals surface area (Å²) in [6.45, 7) is 0. The molecule has 0 saturated carbocycles. The van der Waals surface area contributed by atoms with Crippen LogP contribution in [-0.2, 0) is 0 Å². The summed E-state index contributed by atoms with van der Waals surface area (Å²) in [5.74, 6) is 0.867. The number of halogens is 1. The van der Waals surface area contributed by atoms with Gasteiger partial charge in [-0.05, 0) is 42.5 Å². The molecule has 7 heteroatoms. The topological polar surface area (TPSA) is 77.8 Å². The quantitative estimate of drug-likeness (QED) is 0.387. The number of methoxy groups -OCH3 is 1. The van der Waals surface area contributed by atoms with Crippen LogP contribution < -0.4 is 20.4 Å². The van der Waals surface area contributed by atoms with Crippen molar-refractivity contribution in [3.63, 3.8) is 0 Å². The lowest BCUT2D eigenvalue weighted by molar-refractivity contribution is 0.102. The number of ether oxygens (including phenoxy) is 2. The van der Waals surface area contributed by atoms with Crippen LogP contribution in [0.15, 0.2) is 86.5 Å². The maximum absolute atomic E-state index is 12.9. The fraction of sp³-hybridized carbons (Fsp3) is 0.0435. The van der Waals surface area contributed by atoms with Crippen LogP contribution >= 0.6 is 15.9 Å². The zero-order valence-electron chi connectivity index (χ0n) is 15.8. The fourth-order valence-electron chi connectivity index (χ4n) is 2.94. The first-order valence-corrected chi connectivity index (χ1v) is 9.79. The number of fused-ring (bicyclic) bond motifs is 1. The minimum atomic E-state index is -0.762. The molecule has 1 amide bonds. The van der Waals surface area contributed by atoms with Gasteiger partial charge in [-0.15, -0.1) is 0 Å². The number of benzene rings is 3. The Labute approximate surface area is 180 Å². The van der Waals surface area contributed by atoms with Crippen molar-refractivity contribution in [2.75, 3.05) is 12.4 Å². The number of nitrogens with one attached hydrogen (secondary N) is 1. The Bertz CT molecular complexity index is 1280. The van der Waals surface area contributed by atoms with Crippen molar-refractivity contribution in [2.45, 2.75) is 0 Å². The van der Waals surface area contributed by atoms with Crippen LogP contribution in [0.5, 0.6) is 17.2 Å². The third-order valence-electron chi connectivity index (χ3n) is 4.33. The average Bonchev–Trinajstić information content (AvgIpc) is 2.75. The van der Waals surface area contributed by atoms with Crippen molar-refractivity contribution in [1.29, 1.82) is 0 Å². The van der Waals surface area contributed by atoms with Gasteiger partial charge in [0.25, 0.3) is 5.91 Å². The van der Waals surface area contributed by atoms with E-state index in [1.54, 1.807) is 36.4 Å². The summed E-state index contributed by atoms with van der Waals surface area (Å²) in [6.07, 6.45) is 0. The Hall–Kier alpha value is -3.58. The molecule has 6 nitrogen and oxygen atoms in total. The molecule has 1 aromatic heterocycles. The van der Waals surface area contributed by atoms with Gasteiger partial charge >= 0.3 is 5.63 Å². The highest BCUT2D eigenvalue weighted by atomic mass is 79.9. The van der Waals surface area contributed by atoms with E-state index >= 15 is 0 Å². The van der Waals surface area contributed by atoms with Gasteiger partial charge in [-0.3, -0.25) is 4.79 Å². The van der Waals surface area contributed by atoms with E-state index in [0.717, 1.165) is 4.47 Å². The second kappa shape index (κ2) is 8.42. The van der Waals surface area contributed by atoms with E-state index in [1.165, 1.54) is 13.2 Å². The zero-order chi connectivity index (χ0) is 21.1. The molecule has 3 aromatic carbocycles. The molecular weight excluding hydrogens is 450 g/mol. The Morgan fingerprint density at radius 2 is 1.70 bits per heavy atom. The molecule has 0 radical (unpaired) electrons. The van der Waals surface area contributed by atoms with Crippen molar-refractivity contribution in [3.8, 4) is 17.2 Å². The molecule has 30 heavy (non-hydrogen) atoms. The average molecular weight is 466 g/mol. The van der Waals surface area contributed by atoms with Gasteiger partial charge < -0.3 is 19.2 Å². The molecule has 150 valence electrons. The van der Waals surface area contributed by atoms with Gasteiger partial charge in [0, 0.05) is 9.86 Å². The Kier molecular flexibility index (Phi) is 5.54. The highest BCUT2D eigenvalue weighted by molar-refractivity contribution is 9.10. The largest absolute Gasteiger partial charge is 0.493 e. The first-order chi connectivity index (χ1) is 14.5. The third-order valence-corrected chi connectivity index (χ3v) is 4.79. The number of para-hydroxylation sites is 3. The molecule has 0 fully saturated rings. The van der Waals surface area contributed by atoms with Crippen LogP contribution in [-0.4, -0.2) is 13.0 Å². The summed E-state index contributed by atoms with van der Waals surface area (Å²) in [5, 5.41) is 3.28. The molecular formula is C23H16BrNO5. The van der Waals surface area contributed by atoms with Crippen molar-refractivity contribution >= 4 is 38.5 Å². The molecule has 0 bridgehead atoms. The molecule has 0 aliphatic carbocycles. The number of hydrogen-bond acceptors (Lipinski definition) is 5. The van der Waals surface area contributed by atoms with Crippen molar-refractivity contribution < 1.29 is 18.7 Å². The van der Waals surface area contributed by atoms with Gasteiger partial charge in [0.1, 0.15) is 11.3 Å². The Morgan fingerprint density at radius 1 is 0.967 bits per heavy atom. The molecule has 0 unspecified atom stereocenters. The van der Waals surface area contributed by atoms with Crippen molar-refractivity contribution in [1.82, 2.24) is 0 Å². The van der Waals surface area contributed by atoms with Gasteiger partial charge in [-0.1, -0.05) is 46.3 Å². The summed E-state index contributed by atoms with van der Waals surface area (Å²) in [7, 11) is 1.48. The molecule has 0 aliphatic rings. The molecule has 0 aliphatic heterocycles. The van der Waals surface area contributed by atoms with Crippen LogP contribution in [0.1, 0.15) is 10.4 Å². The highest BCUT2D eigenvalue weighted by Crippen LogP contribution is 2.31. The first kappa shape index (κ1) is 19.7. The molecule has 1 heterocycles. The lowest BCUT2D eigenvalue weighted by Gasteiger charge is -2.12. The van der Waals surface area contributed by atoms with E-state index < -0.39 is 11.5 Å². The summed E-state index contributed by atoms with van der Waals surface area (Å²) in [5.41, 5.74) is -0.188. The number of hydrogen-bond donors (Lipinski definition) is 1. The van der Waals surface area contributed by atoms with E-state index in [2.05, 4.69) is 21.2 Å². The maximum atomic E-state index is 12.9. The predicted octanol–water partition coefficient (Wildman–Crippen LogP) is 5.61. The van der Waals surface area contributed by atoms with Crippen LogP contribution in [0.4, 0.5) is 5.69 Å². The number of carbonyl (C=O) groups is 1. The lowest BCUT2D eigenvalue weighted by Crippen LogP contribution is -2.21. The predicted molar refractivity (Wildman–Crippen MR) is 118 cm³/mol. The van der Waals surface area contributed by atoms with Gasteiger partial charge in [-0.2, -0.15) is 0 Å². The smallest absolute Gasteiger partial charge is 0.349 e. The lowest BCUT2D eigenvalue weighted by atomic mass is 10.1. The van der Waals surface area contributed by atoms with E-state index in [4.69, 9.17) is 13.9 Å². The van der Waals surface area contributed by atoms with E-state index in [1.807, 2.05) is 30.3 Å². The van der Waals surface area contributed by atoms with Crippen LogP contribution in [0, 0.1) is 0 Å². The third kappa shape index (κ3) is 4.06. The highest BCUT2D eigenvalue weighted by Gasteiger charge is 2.18. The fourth-order valence-corrected chi connectivity index (χ4v) is 3.40. The number of anilines is 1. The number of rotatable bonds is 5. The molecule has 1 N–H and O–H groups in total. The van der Waals surface area contributed by atoms with Gasteiger partial charge in [0.05, 0.1) is 12.8 Å². The second-order valence-electron chi connectivity index (χ2n) is 6.34. The van der Waals surface area contributed by atoms with Crippen LogP contribution in [0.3, 0.4) is 0 Å². The second-order valence-corrected chi connectivity index (χ2v) is 7.26. The normalized spacial score (nSPS) is 10.6. The monoisotopic (exact) mass is 465 g/mol. The van der Waals surface area contributed by atoms with E-state index in [0.29, 0.717) is 28.3 Å². The molecule has 0 atom stereocenters. The Balaban J connectivity index is 1.67. The zero-order valence-corrected chi connectivity index (χ0v) is 17.4. The van der Waals surface area contributed by atoms with Crippen LogP contribution in [0.25, 0.3) is 11.0 Å². The molecule has 4 aromatic rings. The number of carbonyl (C=O) groups excluding carboxylic acids is 1. The summed E-state index contributed by atoms with van der Waals surface area (Å²) < 4.78 is 17.2. The molecule has 0 spiro atoms. The summed E-state index contributed by atoms with van der Waals surface area (Å²) in [6, 6.07) is 21.1. The van der Waals surface area contributed by atoms with Crippen molar-refractivity contribution in [3.05, 3.63) is 93.3 Å². The summed E-state index contributed by atoms with van der Waals surface area (Å²) >= 11 is 3.38. The number of amides is 1. The summed E-state index contributed by atoms with van der Waals surface area (Å²) in [4.78, 5) is 25.3. The first-order valence-electron chi connectivity index (χ1n) is 9.00. The maximum Gasteiger partial charge on any atom is 0.349 e. The van der Waals surface area contributed by atoms with Gasteiger partial charge in [-0.25, -0.2) is 4.79 Å². The van der Waals surface area contributed by atoms with E-state index in [9.17, 15) is 9.59 Å². The standard InChI is InChI=1S/C23H16BrNO5/c1-28-20-13-15(24)11-14-12-17(23(27)30-21(14)20)22(26)25-18-9-5-6-10-19(18)29-16-7-3-2-4-8-16/h2-13H,1H3,(H,25,26). The SMILES string of the molecule is COc1cc(Br)cc2cc(C(=O)Nc3ccccc3Oc3ccccc3)c(=O)oc12. The van der Waals surface area contributed by atoms with Gasteiger partial charge in [0.2, 0.25) is 0 Å². The van der Waals surface area contributed by atoms with Crippen LogP contribution in [0.2, 0.25) is 0 Å². The van der Waals surface area contributed by atoms with Crippen molar-refractivity contribution in [2.24, 2.45) is 0 Å². The minimum Gasteiger partial charge on any atom is -0.493 e. The minimum absolute atomic E-state index is 0.128. The Morgan fingerprint density at radius 3 is 2.47 bits per heavy atom. The molecule has 4 rings (SSSR count). The van der Waals surface area contributed by atoms with E-state index in [-0.39, 0.29) is 11.1 Å².